The number of para-hydroxylation sites is 2. The van der Waals surface area contributed by atoms with Crippen LogP contribution in [-0.2, 0) is 13.0 Å². The number of nitrogens with zero attached hydrogens (tertiary/aromatic N) is 4. The number of aromatic nitrogens is 3. The summed E-state index contributed by atoms with van der Waals surface area (Å²) >= 11 is 1.45. The molecule has 2 aromatic carbocycles. The van der Waals surface area contributed by atoms with Gasteiger partial charge >= 0.3 is 0 Å². The Morgan fingerprint density at radius 2 is 1.75 bits per heavy atom. The summed E-state index contributed by atoms with van der Waals surface area (Å²) in [7, 11) is 0. The molecule has 2 aromatic heterocycles. The number of aryl methyl sites for hydroxylation is 1. The van der Waals surface area contributed by atoms with E-state index in [0.29, 0.717) is 10.8 Å². The number of nitrogens with one attached hydrogen (secondary N) is 1. The maximum Gasteiger partial charge on any atom is 0.269 e. The number of hydrogen-bond acceptors (Lipinski definition) is 5. The summed E-state index contributed by atoms with van der Waals surface area (Å²) in [6.07, 6.45) is 0.724. The zero-order valence-electron chi connectivity index (χ0n) is 18.8. The number of thiazole rings is 1. The first kappa shape index (κ1) is 22.2. The second-order valence-electron chi connectivity index (χ2n) is 7.74. The average Bonchev–Trinajstić information content (AvgIpc) is 3.34. The summed E-state index contributed by atoms with van der Waals surface area (Å²) < 4.78 is 2.10. The van der Waals surface area contributed by atoms with E-state index in [1.807, 2.05) is 43.3 Å². The Morgan fingerprint density at radius 1 is 1.03 bits per heavy atom. The fourth-order valence-corrected chi connectivity index (χ4v) is 4.84. The zero-order chi connectivity index (χ0) is 22.5. The van der Waals surface area contributed by atoms with Crippen LogP contribution in [0, 0.1) is 6.92 Å². The minimum Gasteiger partial charge on any atom is -0.309 e. The summed E-state index contributed by atoms with van der Waals surface area (Å²) in [5.41, 5.74) is 3.85. The molecule has 0 saturated heterocycles. The molecule has 7 heteroatoms. The van der Waals surface area contributed by atoms with Gasteiger partial charge in [0.1, 0.15) is 4.88 Å². The molecule has 166 valence electrons. The number of imidazole rings is 1. The molecule has 0 spiro atoms. The van der Waals surface area contributed by atoms with Crippen molar-refractivity contribution in [2.24, 2.45) is 0 Å². The lowest BCUT2D eigenvalue weighted by Gasteiger charge is -2.19. The van der Waals surface area contributed by atoms with E-state index in [1.165, 1.54) is 16.9 Å². The van der Waals surface area contributed by atoms with Crippen LogP contribution in [0.4, 0.5) is 5.95 Å². The van der Waals surface area contributed by atoms with Crippen LogP contribution in [0.5, 0.6) is 0 Å². The van der Waals surface area contributed by atoms with Crippen LogP contribution < -0.4 is 5.32 Å². The molecule has 0 atom stereocenters. The third kappa shape index (κ3) is 4.89. The van der Waals surface area contributed by atoms with Crippen LogP contribution in [0.25, 0.3) is 11.0 Å². The highest BCUT2D eigenvalue weighted by molar-refractivity contribution is 7.14. The van der Waals surface area contributed by atoms with Gasteiger partial charge in [0.05, 0.1) is 21.7 Å². The Balaban J connectivity index is 1.56. The van der Waals surface area contributed by atoms with Crippen molar-refractivity contribution in [1.29, 1.82) is 0 Å². The second kappa shape index (κ2) is 10.1. The highest BCUT2D eigenvalue weighted by Crippen LogP contribution is 2.24. The summed E-state index contributed by atoms with van der Waals surface area (Å²) in [6.45, 7) is 9.87. The van der Waals surface area contributed by atoms with Crippen molar-refractivity contribution in [2.45, 2.75) is 33.7 Å². The monoisotopic (exact) mass is 447 g/mol. The minimum absolute atomic E-state index is 0.154. The molecule has 4 aromatic rings. The molecule has 0 aliphatic rings. The summed E-state index contributed by atoms with van der Waals surface area (Å²) in [6, 6.07) is 18.2. The van der Waals surface area contributed by atoms with Crippen LogP contribution in [0.3, 0.4) is 0 Å². The second-order valence-corrected chi connectivity index (χ2v) is 8.82. The van der Waals surface area contributed by atoms with Gasteiger partial charge < -0.3 is 9.47 Å². The van der Waals surface area contributed by atoms with Gasteiger partial charge in [-0.3, -0.25) is 10.1 Å². The molecule has 0 bridgehead atoms. The van der Waals surface area contributed by atoms with Gasteiger partial charge in [0.25, 0.3) is 5.91 Å². The standard InChI is InChI=1S/C25H29N5OS/c1-4-29(5-2)15-16-30-21-14-10-9-13-20(21)27-25(30)28-24(31)23-18(3)26-22(32-23)17-19-11-7-6-8-12-19/h6-14H,4-5,15-17H2,1-3H3,(H,27,28,31). The van der Waals surface area contributed by atoms with Crippen molar-refractivity contribution >= 4 is 34.2 Å². The Labute approximate surface area is 192 Å². The molecular formula is C25H29N5OS. The van der Waals surface area contributed by atoms with E-state index in [2.05, 4.69) is 51.8 Å². The molecule has 0 aliphatic carbocycles. The van der Waals surface area contributed by atoms with Gasteiger partial charge in [-0.1, -0.05) is 56.3 Å². The number of amides is 1. The van der Waals surface area contributed by atoms with Crippen LogP contribution >= 0.6 is 11.3 Å². The van der Waals surface area contributed by atoms with Gasteiger partial charge in [-0.2, -0.15) is 0 Å². The zero-order valence-corrected chi connectivity index (χ0v) is 19.7. The van der Waals surface area contributed by atoms with Gasteiger partial charge in [0.2, 0.25) is 5.95 Å². The first-order chi connectivity index (χ1) is 15.6. The molecule has 1 N–H and O–H groups in total. The molecular weight excluding hydrogens is 418 g/mol. The fraction of sp³-hybridized carbons (Fsp3) is 0.320. The summed E-state index contributed by atoms with van der Waals surface area (Å²) in [5.74, 6) is 0.430. The molecule has 1 amide bonds. The highest BCUT2D eigenvalue weighted by atomic mass is 32.1. The van der Waals surface area contributed by atoms with E-state index in [1.54, 1.807) is 0 Å². The molecule has 0 aliphatic heterocycles. The van der Waals surface area contributed by atoms with E-state index in [9.17, 15) is 4.79 Å². The average molecular weight is 448 g/mol. The number of carbonyl (C=O) groups is 1. The number of rotatable bonds is 9. The summed E-state index contributed by atoms with van der Waals surface area (Å²) in [5, 5.41) is 4.00. The number of benzene rings is 2. The quantitative estimate of drug-likeness (QED) is 0.393. The maximum atomic E-state index is 13.2. The smallest absolute Gasteiger partial charge is 0.269 e. The fourth-order valence-electron chi connectivity index (χ4n) is 3.85. The van der Waals surface area contributed by atoms with Gasteiger partial charge in [-0.25, -0.2) is 9.97 Å². The molecule has 32 heavy (non-hydrogen) atoms. The van der Waals surface area contributed by atoms with Crippen molar-refractivity contribution in [3.8, 4) is 0 Å². The van der Waals surface area contributed by atoms with E-state index in [4.69, 9.17) is 4.98 Å². The topological polar surface area (TPSA) is 63.0 Å². The van der Waals surface area contributed by atoms with E-state index < -0.39 is 0 Å². The third-order valence-corrected chi connectivity index (χ3v) is 6.82. The van der Waals surface area contributed by atoms with Gasteiger partial charge in [-0.05, 0) is 37.7 Å². The number of hydrogen-bond donors (Lipinski definition) is 1. The lowest BCUT2D eigenvalue weighted by atomic mass is 10.2. The Hall–Kier alpha value is -3.03. The number of carbonyl (C=O) groups excluding carboxylic acids is 1. The Morgan fingerprint density at radius 3 is 2.50 bits per heavy atom. The normalized spacial score (nSPS) is 11.4. The molecule has 2 heterocycles. The van der Waals surface area contributed by atoms with Crippen molar-refractivity contribution in [3.63, 3.8) is 0 Å². The molecule has 0 saturated carbocycles. The van der Waals surface area contributed by atoms with Crippen molar-refractivity contribution < 1.29 is 4.79 Å². The minimum atomic E-state index is -0.154. The van der Waals surface area contributed by atoms with Crippen molar-refractivity contribution in [1.82, 2.24) is 19.4 Å². The van der Waals surface area contributed by atoms with Crippen LogP contribution in [0.15, 0.2) is 54.6 Å². The first-order valence-electron chi connectivity index (χ1n) is 11.1. The lowest BCUT2D eigenvalue weighted by molar-refractivity contribution is 0.102. The maximum absolute atomic E-state index is 13.2. The van der Waals surface area contributed by atoms with Crippen LogP contribution in [0.2, 0.25) is 0 Å². The highest BCUT2D eigenvalue weighted by Gasteiger charge is 2.19. The van der Waals surface area contributed by atoms with E-state index >= 15 is 0 Å². The predicted octanol–water partition coefficient (Wildman–Crippen LogP) is 4.99. The molecule has 4 rings (SSSR count). The van der Waals surface area contributed by atoms with Gasteiger partial charge in [-0.15, -0.1) is 11.3 Å². The van der Waals surface area contributed by atoms with Crippen LogP contribution in [-0.4, -0.2) is 45.0 Å². The Kier molecular flexibility index (Phi) is 6.97. The van der Waals surface area contributed by atoms with E-state index in [0.717, 1.165) is 54.3 Å². The summed E-state index contributed by atoms with van der Waals surface area (Å²) in [4.78, 5) is 25.5. The molecule has 0 fully saturated rings. The first-order valence-corrected chi connectivity index (χ1v) is 11.9. The third-order valence-electron chi connectivity index (χ3n) is 5.66. The van der Waals surface area contributed by atoms with Gasteiger partial charge in [0, 0.05) is 19.5 Å². The molecule has 0 unspecified atom stereocenters. The molecule has 0 radical (unpaired) electrons. The number of likely N-dealkylation sites (N-methyl/N-ethyl adjacent to an activating group) is 1. The van der Waals surface area contributed by atoms with E-state index in [-0.39, 0.29) is 5.91 Å². The lowest BCUT2D eigenvalue weighted by Crippen LogP contribution is -2.27. The van der Waals surface area contributed by atoms with Crippen molar-refractivity contribution in [2.75, 3.05) is 25.0 Å². The predicted molar refractivity (Wildman–Crippen MR) is 132 cm³/mol. The SMILES string of the molecule is CCN(CC)CCn1c(NC(=O)c2sc(Cc3ccccc3)nc2C)nc2ccccc21. The van der Waals surface area contributed by atoms with Gasteiger partial charge in [0.15, 0.2) is 0 Å². The van der Waals surface area contributed by atoms with Crippen LogP contribution in [0.1, 0.15) is 39.8 Å². The number of fused-ring (bicyclic) bond motifs is 1. The number of anilines is 1. The largest absolute Gasteiger partial charge is 0.309 e. The molecule has 6 nitrogen and oxygen atoms in total. The Bertz CT molecular complexity index is 1190. The van der Waals surface area contributed by atoms with Crippen molar-refractivity contribution in [3.05, 3.63) is 75.7 Å².